The highest BCUT2D eigenvalue weighted by molar-refractivity contribution is 5.59. The molecule has 0 unspecified atom stereocenters. The molecule has 0 amide bonds. The molecule has 2 rings (SSSR count). The van der Waals surface area contributed by atoms with E-state index in [0.29, 0.717) is 19.5 Å². The van der Waals surface area contributed by atoms with Gasteiger partial charge in [-0.1, -0.05) is 5.21 Å². The quantitative estimate of drug-likeness (QED) is 0.879. The van der Waals surface area contributed by atoms with Gasteiger partial charge in [0.1, 0.15) is 11.5 Å². The molecule has 0 atom stereocenters. The molecule has 8 heteroatoms. The highest BCUT2D eigenvalue weighted by atomic mass is 19.4. The van der Waals surface area contributed by atoms with Crippen molar-refractivity contribution in [1.82, 2.24) is 15.0 Å². The van der Waals surface area contributed by atoms with Crippen molar-refractivity contribution in [2.24, 2.45) is 5.73 Å². The SMILES string of the molecule is NCCCn1cc(-c2ccc(F)c(C(F)(F)F)c2)nn1. The lowest BCUT2D eigenvalue weighted by Gasteiger charge is -2.08. The predicted octanol–water partition coefficient (Wildman–Crippen LogP) is 2.45. The van der Waals surface area contributed by atoms with Gasteiger partial charge in [-0.25, -0.2) is 4.39 Å². The minimum Gasteiger partial charge on any atom is -0.330 e. The topological polar surface area (TPSA) is 56.7 Å². The number of nitrogens with two attached hydrogens (primary N) is 1. The molecule has 0 saturated heterocycles. The van der Waals surface area contributed by atoms with Crippen LogP contribution in [0.25, 0.3) is 11.3 Å². The summed E-state index contributed by atoms with van der Waals surface area (Å²) in [5, 5.41) is 7.56. The van der Waals surface area contributed by atoms with Crippen LogP contribution in [0.15, 0.2) is 24.4 Å². The molecule has 108 valence electrons. The van der Waals surface area contributed by atoms with Crippen LogP contribution in [0.4, 0.5) is 17.6 Å². The normalized spacial score (nSPS) is 11.8. The molecule has 20 heavy (non-hydrogen) atoms. The van der Waals surface area contributed by atoms with E-state index in [9.17, 15) is 17.6 Å². The van der Waals surface area contributed by atoms with Crippen LogP contribution < -0.4 is 5.73 Å². The number of benzene rings is 1. The Morgan fingerprint density at radius 3 is 2.65 bits per heavy atom. The molecule has 4 nitrogen and oxygen atoms in total. The summed E-state index contributed by atoms with van der Waals surface area (Å²) < 4.78 is 52.5. The van der Waals surface area contributed by atoms with E-state index in [1.54, 1.807) is 0 Å². The maximum atomic E-state index is 13.2. The Balaban J connectivity index is 2.31. The second-order valence-electron chi connectivity index (χ2n) is 4.20. The Morgan fingerprint density at radius 2 is 2.00 bits per heavy atom. The lowest BCUT2D eigenvalue weighted by molar-refractivity contribution is -0.139. The lowest BCUT2D eigenvalue weighted by Crippen LogP contribution is -2.08. The van der Waals surface area contributed by atoms with Gasteiger partial charge in [-0.15, -0.1) is 5.10 Å². The van der Waals surface area contributed by atoms with Crippen molar-refractivity contribution in [2.75, 3.05) is 6.54 Å². The van der Waals surface area contributed by atoms with Gasteiger partial charge in [0.25, 0.3) is 0 Å². The van der Waals surface area contributed by atoms with Crippen molar-refractivity contribution in [1.29, 1.82) is 0 Å². The molecular formula is C12H12F4N4. The molecule has 0 aliphatic heterocycles. The van der Waals surface area contributed by atoms with Crippen LogP contribution in [-0.4, -0.2) is 21.5 Å². The van der Waals surface area contributed by atoms with Gasteiger partial charge in [0.05, 0.1) is 11.8 Å². The van der Waals surface area contributed by atoms with E-state index < -0.39 is 17.6 Å². The van der Waals surface area contributed by atoms with Crippen LogP contribution in [-0.2, 0) is 12.7 Å². The third-order valence-corrected chi connectivity index (χ3v) is 2.70. The van der Waals surface area contributed by atoms with E-state index >= 15 is 0 Å². The van der Waals surface area contributed by atoms with E-state index in [2.05, 4.69) is 10.3 Å². The lowest BCUT2D eigenvalue weighted by atomic mass is 10.1. The van der Waals surface area contributed by atoms with Crippen LogP contribution in [0.1, 0.15) is 12.0 Å². The van der Waals surface area contributed by atoms with Gasteiger partial charge in [-0.2, -0.15) is 13.2 Å². The zero-order chi connectivity index (χ0) is 14.8. The Hall–Kier alpha value is -1.96. The fourth-order valence-electron chi connectivity index (χ4n) is 1.70. The number of rotatable bonds is 4. The van der Waals surface area contributed by atoms with E-state index in [0.717, 1.165) is 12.1 Å². The number of hydrogen-bond donors (Lipinski definition) is 1. The Morgan fingerprint density at radius 1 is 1.25 bits per heavy atom. The molecule has 0 saturated carbocycles. The molecule has 0 fully saturated rings. The fourth-order valence-corrected chi connectivity index (χ4v) is 1.70. The molecule has 0 aliphatic carbocycles. The standard InChI is InChI=1S/C12H12F4N4/c13-10-3-2-8(6-9(10)12(14,15)16)11-7-20(19-18-11)5-1-4-17/h2-3,6-7H,1,4-5,17H2. The average Bonchev–Trinajstić information content (AvgIpc) is 2.84. The Kier molecular flexibility index (Phi) is 4.03. The molecule has 1 heterocycles. The maximum absolute atomic E-state index is 13.2. The first kappa shape index (κ1) is 14.4. The summed E-state index contributed by atoms with van der Waals surface area (Å²) in [6.45, 7) is 1.00. The summed E-state index contributed by atoms with van der Waals surface area (Å²) in [6.07, 6.45) is -2.56. The van der Waals surface area contributed by atoms with E-state index in [1.165, 1.54) is 16.9 Å². The molecule has 0 radical (unpaired) electrons. The van der Waals surface area contributed by atoms with Gasteiger partial charge in [0.2, 0.25) is 0 Å². The maximum Gasteiger partial charge on any atom is 0.419 e. The first-order valence-electron chi connectivity index (χ1n) is 5.89. The van der Waals surface area contributed by atoms with E-state index in [4.69, 9.17) is 5.73 Å². The molecule has 0 aliphatic rings. The van der Waals surface area contributed by atoms with Crippen LogP contribution in [0.3, 0.4) is 0 Å². The summed E-state index contributed by atoms with van der Waals surface area (Å²) >= 11 is 0. The van der Waals surface area contributed by atoms with Crippen molar-refractivity contribution < 1.29 is 17.6 Å². The smallest absolute Gasteiger partial charge is 0.330 e. The van der Waals surface area contributed by atoms with Gasteiger partial charge >= 0.3 is 6.18 Å². The summed E-state index contributed by atoms with van der Waals surface area (Å²) in [4.78, 5) is 0. The molecular weight excluding hydrogens is 276 g/mol. The zero-order valence-electron chi connectivity index (χ0n) is 10.4. The zero-order valence-corrected chi connectivity index (χ0v) is 10.4. The number of halogens is 4. The van der Waals surface area contributed by atoms with Crippen LogP contribution >= 0.6 is 0 Å². The second kappa shape index (κ2) is 5.58. The van der Waals surface area contributed by atoms with Crippen LogP contribution in [0.5, 0.6) is 0 Å². The third kappa shape index (κ3) is 3.13. The van der Waals surface area contributed by atoms with Gasteiger partial charge in [-0.05, 0) is 31.2 Å². The van der Waals surface area contributed by atoms with Crippen LogP contribution in [0.2, 0.25) is 0 Å². The van der Waals surface area contributed by atoms with Gasteiger partial charge in [0.15, 0.2) is 0 Å². The molecule has 2 aromatic rings. The third-order valence-electron chi connectivity index (χ3n) is 2.70. The molecule has 0 spiro atoms. The Labute approximate surface area is 112 Å². The monoisotopic (exact) mass is 288 g/mol. The molecule has 0 bridgehead atoms. The fraction of sp³-hybridized carbons (Fsp3) is 0.333. The Bertz CT molecular complexity index is 591. The number of hydrogen-bond acceptors (Lipinski definition) is 3. The van der Waals surface area contributed by atoms with Crippen molar-refractivity contribution in [3.05, 3.63) is 35.8 Å². The number of nitrogens with zero attached hydrogens (tertiary/aromatic N) is 3. The molecule has 1 aromatic heterocycles. The summed E-state index contributed by atoms with van der Waals surface area (Å²) in [7, 11) is 0. The van der Waals surface area contributed by atoms with E-state index in [-0.39, 0.29) is 11.3 Å². The summed E-state index contributed by atoms with van der Waals surface area (Å²) in [5.41, 5.74) is 4.46. The van der Waals surface area contributed by atoms with Crippen molar-refractivity contribution in [2.45, 2.75) is 19.1 Å². The predicted molar refractivity (Wildman–Crippen MR) is 64.1 cm³/mol. The minimum absolute atomic E-state index is 0.165. The van der Waals surface area contributed by atoms with Crippen molar-refractivity contribution in [3.8, 4) is 11.3 Å². The van der Waals surface area contributed by atoms with Crippen molar-refractivity contribution in [3.63, 3.8) is 0 Å². The number of aryl methyl sites for hydroxylation is 1. The molecule has 2 N–H and O–H groups in total. The second-order valence-corrected chi connectivity index (χ2v) is 4.20. The summed E-state index contributed by atoms with van der Waals surface area (Å²) in [6, 6.07) is 2.74. The first-order valence-corrected chi connectivity index (χ1v) is 5.89. The molecule has 1 aromatic carbocycles. The highest BCUT2D eigenvalue weighted by Gasteiger charge is 2.34. The van der Waals surface area contributed by atoms with Crippen LogP contribution in [0, 0.1) is 5.82 Å². The summed E-state index contributed by atoms with van der Waals surface area (Å²) in [5.74, 6) is -1.31. The highest BCUT2D eigenvalue weighted by Crippen LogP contribution is 2.33. The van der Waals surface area contributed by atoms with E-state index in [1.807, 2.05) is 0 Å². The largest absolute Gasteiger partial charge is 0.419 e. The van der Waals surface area contributed by atoms with Gasteiger partial charge in [-0.3, -0.25) is 4.68 Å². The number of alkyl halides is 3. The van der Waals surface area contributed by atoms with Crippen molar-refractivity contribution >= 4 is 0 Å². The van der Waals surface area contributed by atoms with Gasteiger partial charge in [0, 0.05) is 12.1 Å². The number of aromatic nitrogens is 3. The average molecular weight is 288 g/mol. The van der Waals surface area contributed by atoms with Gasteiger partial charge < -0.3 is 5.73 Å². The first-order chi connectivity index (χ1) is 9.41. The minimum atomic E-state index is -4.74.